The van der Waals surface area contributed by atoms with Crippen molar-refractivity contribution in [1.82, 2.24) is 9.36 Å². The molecule has 1 saturated heterocycles. The molecule has 0 N–H and O–H groups in total. The number of amides is 1. The number of thioether (sulfide) groups is 1. The molecular formula is C27H22N4O2S. The predicted octanol–water partition coefficient (Wildman–Crippen LogP) is 5.29. The smallest absolute Gasteiger partial charge is 0.278 e. The van der Waals surface area contributed by atoms with Gasteiger partial charge in [-0.1, -0.05) is 54.6 Å². The van der Waals surface area contributed by atoms with Gasteiger partial charge in [0.2, 0.25) is 0 Å². The zero-order valence-corrected chi connectivity index (χ0v) is 19.6. The summed E-state index contributed by atoms with van der Waals surface area (Å²) in [6.07, 6.45) is 1.69. The fourth-order valence-electron chi connectivity index (χ4n) is 3.85. The molecule has 1 aliphatic rings. The van der Waals surface area contributed by atoms with Gasteiger partial charge in [-0.15, -0.1) is 0 Å². The summed E-state index contributed by atoms with van der Waals surface area (Å²) in [4.78, 5) is 33.7. The van der Waals surface area contributed by atoms with E-state index in [4.69, 9.17) is 4.99 Å². The largest absolute Gasteiger partial charge is 0.285 e. The number of amidine groups is 1. The Morgan fingerprint density at radius 3 is 1.97 bits per heavy atom. The number of carbonyl (C=O) groups is 1. The molecule has 34 heavy (non-hydrogen) atoms. The van der Waals surface area contributed by atoms with Gasteiger partial charge in [0.25, 0.3) is 11.5 Å². The molecule has 1 amide bonds. The van der Waals surface area contributed by atoms with Crippen LogP contribution in [0.3, 0.4) is 0 Å². The van der Waals surface area contributed by atoms with Gasteiger partial charge in [0.15, 0.2) is 5.17 Å². The van der Waals surface area contributed by atoms with E-state index in [1.54, 1.807) is 15.7 Å². The number of para-hydroxylation sites is 3. The highest BCUT2D eigenvalue weighted by atomic mass is 32.2. The van der Waals surface area contributed by atoms with E-state index in [2.05, 4.69) is 0 Å². The summed E-state index contributed by atoms with van der Waals surface area (Å²) >= 11 is 1.27. The minimum atomic E-state index is -0.209. The lowest BCUT2D eigenvalue weighted by Gasteiger charge is -2.15. The maximum absolute atomic E-state index is 13.5. The van der Waals surface area contributed by atoms with Crippen molar-refractivity contribution in [2.24, 2.45) is 12.0 Å². The Kier molecular flexibility index (Phi) is 5.77. The van der Waals surface area contributed by atoms with Crippen molar-refractivity contribution in [3.8, 4) is 5.69 Å². The van der Waals surface area contributed by atoms with Crippen LogP contribution in [0.2, 0.25) is 0 Å². The highest BCUT2D eigenvalue weighted by Gasteiger charge is 2.35. The maximum Gasteiger partial charge on any atom is 0.278 e. The molecule has 3 aromatic carbocycles. The van der Waals surface area contributed by atoms with Gasteiger partial charge in [0, 0.05) is 12.7 Å². The van der Waals surface area contributed by atoms with Gasteiger partial charge in [-0.2, -0.15) is 0 Å². The van der Waals surface area contributed by atoms with Crippen molar-refractivity contribution in [3.05, 3.63) is 118 Å². The van der Waals surface area contributed by atoms with Gasteiger partial charge in [0.1, 0.15) is 0 Å². The van der Waals surface area contributed by atoms with Crippen molar-refractivity contribution in [1.29, 1.82) is 0 Å². The van der Waals surface area contributed by atoms with E-state index in [1.807, 2.05) is 110 Å². The van der Waals surface area contributed by atoms with Gasteiger partial charge < -0.3 is 0 Å². The Morgan fingerprint density at radius 1 is 0.794 bits per heavy atom. The minimum absolute atomic E-state index is 0.174. The highest BCUT2D eigenvalue weighted by molar-refractivity contribution is 8.19. The van der Waals surface area contributed by atoms with Gasteiger partial charge in [-0.05, 0) is 61.2 Å². The lowest BCUT2D eigenvalue weighted by atomic mass is 10.2. The second-order valence-electron chi connectivity index (χ2n) is 7.79. The number of aromatic nitrogens is 2. The van der Waals surface area contributed by atoms with Crippen LogP contribution in [0, 0.1) is 6.92 Å². The highest BCUT2D eigenvalue weighted by Crippen LogP contribution is 2.37. The number of rotatable bonds is 4. The average molecular weight is 467 g/mol. The summed E-state index contributed by atoms with van der Waals surface area (Å²) in [5.41, 5.74) is 3.33. The molecule has 0 bridgehead atoms. The molecule has 0 aliphatic carbocycles. The standard InChI is InChI=1S/C27H22N4O2S/c1-19-23(25(32)31(29(19)2)22-16-10-5-11-17-22)18-24-26(33)30(21-14-8-4-9-15-21)27(34-24)28-20-12-6-3-7-13-20/h3-18H,1-2H3/b24-18-,28-27?. The van der Waals surface area contributed by atoms with Crippen molar-refractivity contribution in [2.45, 2.75) is 6.92 Å². The lowest BCUT2D eigenvalue weighted by Crippen LogP contribution is -2.28. The molecule has 1 aromatic heterocycles. The second kappa shape index (κ2) is 9.03. The Balaban J connectivity index is 1.61. The first-order chi connectivity index (χ1) is 16.5. The van der Waals surface area contributed by atoms with E-state index in [1.165, 1.54) is 11.8 Å². The third-order valence-corrected chi connectivity index (χ3v) is 6.64. The zero-order valence-electron chi connectivity index (χ0n) is 18.8. The monoisotopic (exact) mass is 466 g/mol. The zero-order chi connectivity index (χ0) is 23.7. The molecule has 0 saturated carbocycles. The van der Waals surface area contributed by atoms with E-state index in [9.17, 15) is 9.59 Å². The SMILES string of the molecule is Cc1c(/C=C2\SC(=Nc3ccccc3)N(c3ccccc3)C2=O)c(=O)n(-c2ccccc2)n1C. The second-order valence-corrected chi connectivity index (χ2v) is 8.80. The van der Waals surface area contributed by atoms with E-state index in [0.29, 0.717) is 15.6 Å². The Labute approximate surface area is 201 Å². The van der Waals surface area contributed by atoms with Gasteiger partial charge in [0.05, 0.1) is 27.5 Å². The molecule has 0 atom stereocenters. The minimum Gasteiger partial charge on any atom is -0.285 e. The normalized spacial score (nSPS) is 16.1. The molecule has 168 valence electrons. The Bertz CT molecular complexity index is 1470. The van der Waals surface area contributed by atoms with Crippen LogP contribution in [-0.2, 0) is 11.8 Å². The van der Waals surface area contributed by atoms with E-state index < -0.39 is 0 Å². The first kappa shape index (κ1) is 21.7. The molecule has 0 spiro atoms. The van der Waals surface area contributed by atoms with E-state index in [0.717, 1.165) is 22.8 Å². The predicted molar refractivity (Wildman–Crippen MR) is 139 cm³/mol. The van der Waals surface area contributed by atoms with Crippen molar-refractivity contribution in [3.63, 3.8) is 0 Å². The molecule has 7 heteroatoms. The lowest BCUT2D eigenvalue weighted by molar-refractivity contribution is -0.113. The maximum atomic E-state index is 13.5. The van der Waals surface area contributed by atoms with Gasteiger partial charge >= 0.3 is 0 Å². The first-order valence-electron chi connectivity index (χ1n) is 10.8. The number of anilines is 1. The van der Waals surface area contributed by atoms with Crippen LogP contribution in [0.15, 0.2) is 106 Å². The molecule has 6 nitrogen and oxygen atoms in total. The van der Waals surface area contributed by atoms with Crippen molar-refractivity contribution < 1.29 is 4.79 Å². The summed E-state index contributed by atoms with van der Waals surface area (Å²) < 4.78 is 3.42. The fraction of sp³-hybridized carbons (Fsp3) is 0.0741. The van der Waals surface area contributed by atoms with Crippen LogP contribution in [0.1, 0.15) is 11.3 Å². The van der Waals surface area contributed by atoms with Crippen LogP contribution in [-0.4, -0.2) is 20.4 Å². The number of carbonyl (C=O) groups excluding carboxylic acids is 1. The summed E-state index contributed by atoms with van der Waals surface area (Å²) in [5, 5.41) is 0.547. The van der Waals surface area contributed by atoms with Gasteiger partial charge in [-0.3, -0.25) is 19.2 Å². The Morgan fingerprint density at radius 2 is 1.35 bits per heavy atom. The molecule has 1 fully saturated rings. The number of nitrogens with zero attached hydrogens (tertiary/aromatic N) is 4. The Hall–Kier alpha value is -4.10. The first-order valence-corrected chi connectivity index (χ1v) is 11.6. The van der Waals surface area contributed by atoms with E-state index >= 15 is 0 Å². The number of aliphatic imine (C=N–C) groups is 1. The molecule has 2 heterocycles. The summed E-state index contributed by atoms with van der Waals surface area (Å²) in [5.74, 6) is -0.209. The molecule has 5 rings (SSSR count). The van der Waals surface area contributed by atoms with Crippen LogP contribution >= 0.6 is 11.8 Å². The summed E-state index contributed by atoms with van der Waals surface area (Å²) in [7, 11) is 1.84. The van der Waals surface area contributed by atoms with Crippen molar-refractivity contribution in [2.75, 3.05) is 4.90 Å². The van der Waals surface area contributed by atoms with Crippen LogP contribution in [0.25, 0.3) is 11.8 Å². The third kappa shape index (κ3) is 3.91. The molecular weight excluding hydrogens is 444 g/mol. The van der Waals surface area contributed by atoms with Crippen LogP contribution in [0.5, 0.6) is 0 Å². The van der Waals surface area contributed by atoms with Crippen molar-refractivity contribution >= 4 is 40.3 Å². The average Bonchev–Trinajstić information content (AvgIpc) is 3.28. The molecule has 0 unspecified atom stereocenters. The molecule has 4 aromatic rings. The van der Waals surface area contributed by atoms with Crippen LogP contribution in [0.4, 0.5) is 11.4 Å². The summed E-state index contributed by atoms with van der Waals surface area (Å²) in [6, 6.07) is 28.4. The number of benzene rings is 3. The topological polar surface area (TPSA) is 59.6 Å². The van der Waals surface area contributed by atoms with Gasteiger partial charge in [-0.25, -0.2) is 9.67 Å². The third-order valence-electron chi connectivity index (χ3n) is 5.68. The fourth-order valence-corrected chi connectivity index (χ4v) is 4.84. The number of hydrogen-bond donors (Lipinski definition) is 0. The quantitative estimate of drug-likeness (QED) is 0.384. The summed E-state index contributed by atoms with van der Waals surface area (Å²) in [6.45, 7) is 1.88. The molecule has 0 radical (unpaired) electrons. The molecule has 1 aliphatic heterocycles. The van der Waals surface area contributed by atoms with E-state index in [-0.39, 0.29) is 11.5 Å². The van der Waals surface area contributed by atoms with Crippen LogP contribution < -0.4 is 10.5 Å². The number of hydrogen-bond acceptors (Lipinski definition) is 4.